The molecule has 1 aromatic heterocycles. The molecule has 29 heavy (non-hydrogen) atoms. The Kier molecular flexibility index (Phi) is 3.77. The van der Waals surface area contributed by atoms with E-state index >= 15 is 0 Å². The number of amides is 1. The van der Waals surface area contributed by atoms with Gasteiger partial charge in [0.25, 0.3) is 0 Å². The first-order chi connectivity index (χ1) is 14.0. The summed E-state index contributed by atoms with van der Waals surface area (Å²) in [5, 5.41) is 14.8. The molecule has 0 radical (unpaired) electrons. The number of carbonyl (C=O) groups is 1. The van der Waals surface area contributed by atoms with Crippen LogP contribution in [0.25, 0.3) is 11.3 Å². The fourth-order valence-electron chi connectivity index (χ4n) is 7.78. The molecular formula is C24H29N3O2. The number of aliphatic hydroxyl groups is 1. The van der Waals surface area contributed by atoms with Gasteiger partial charge in [0.2, 0.25) is 5.91 Å². The van der Waals surface area contributed by atoms with Gasteiger partial charge in [-0.05, 0) is 67.8 Å². The number of imidazole rings is 1. The molecule has 2 heterocycles. The van der Waals surface area contributed by atoms with Crippen LogP contribution >= 0.6 is 0 Å². The number of hydrogen-bond acceptors (Lipinski definition) is 3. The fourth-order valence-corrected chi connectivity index (χ4v) is 7.78. The van der Waals surface area contributed by atoms with Crippen molar-refractivity contribution in [3.63, 3.8) is 0 Å². The van der Waals surface area contributed by atoms with Crippen molar-refractivity contribution in [2.75, 3.05) is 0 Å². The SMILES string of the molecule is CC(=O)NC12CC3CC(C1)C(C(O)CC1c4ccccc4-c4cncn41)C(C3)C2. The molecular weight excluding hydrogens is 362 g/mol. The zero-order valence-corrected chi connectivity index (χ0v) is 16.9. The van der Waals surface area contributed by atoms with Crippen LogP contribution in [0.1, 0.15) is 57.1 Å². The number of nitrogens with one attached hydrogen (secondary N) is 1. The van der Waals surface area contributed by atoms with Crippen molar-refractivity contribution in [2.45, 2.75) is 63.1 Å². The summed E-state index contributed by atoms with van der Waals surface area (Å²) < 4.78 is 2.24. The van der Waals surface area contributed by atoms with Crippen LogP contribution in [0.3, 0.4) is 0 Å². The number of aromatic nitrogens is 2. The van der Waals surface area contributed by atoms with Crippen molar-refractivity contribution < 1.29 is 9.90 Å². The monoisotopic (exact) mass is 391 g/mol. The lowest BCUT2D eigenvalue weighted by Gasteiger charge is -2.61. The highest BCUT2D eigenvalue weighted by Crippen LogP contribution is 2.59. The standard InChI is InChI=1S/C24H29N3O2/c1-14(28)26-24-9-15-6-16(10-24)23(17(7-15)11-24)22(29)8-20-18-4-2-3-5-19(18)21-12-25-13-27(20)21/h2-5,12-13,15-17,20,22-23,29H,6-11H2,1H3,(H,26,28). The minimum absolute atomic E-state index is 0.00394. The third kappa shape index (κ3) is 2.63. The van der Waals surface area contributed by atoms with Crippen LogP contribution in [-0.4, -0.2) is 32.2 Å². The molecule has 152 valence electrons. The number of nitrogens with zero attached hydrogens (tertiary/aromatic N) is 2. The predicted molar refractivity (Wildman–Crippen MR) is 110 cm³/mol. The van der Waals surface area contributed by atoms with Gasteiger partial charge in [-0.15, -0.1) is 0 Å². The Bertz CT molecular complexity index is 951. The molecule has 4 unspecified atom stereocenters. The van der Waals surface area contributed by atoms with Gasteiger partial charge in [0.1, 0.15) is 0 Å². The van der Waals surface area contributed by atoms with E-state index in [-0.39, 0.29) is 23.6 Å². The second kappa shape index (κ2) is 6.18. The molecule has 4 bridgehead atoms. The van der Waals surface area contributed by atoms with Crippen molar-refractivity contribution in [1.82, 2.24) is 14.9 Å². The molecule has 1 amide bonds. The van der Waals surface area contributed by atoms with E-state index in [0.29, 0.717) is 17.8 Å². The smallest absolute Gasteiger partial charge is 0.217 e. The third-order valence-electron chi connectivity index (χ3n) is 8.29. The summed E-state index contributed by atoms with van der Waals surface area (Å²) in [4.78, 5) is 16.2. The summed E-state index contributed by atoms with van der Waals surface area (Å²) in [6, 6.07) is 8.70. The summed E-state index contributed by atoms with van der Waals surface area (Å²) in [7, 11) is 0. The van der Waals surface area contributed by atoms with Gasteiger partial charge in [0.05, 0.1) is 30.4 Å². The van der Waals surface area contributed by atoms with E-state index < -0.39 is 0 Å². The number of benzene rings is 1. The molecule has 0 saturated heterocycles. The highest BCUT2D eigenvalue weighted by atomic mass is 16.3. The van der Waals surface area contributed by atoms with Gasteiger partial charge < -0.3 is 15.0 Å². The molecule has 4 saturated carbocycles. The van der Waals surface area contributed by atoms with Gasteiger partial charge >= 0.3 is 0 Å². The van der Waals surface area contributed by atoms with E-state index in [2.05, 4.69) is 39.1 Å². The number of carbonyl (C=O) groups excluding carboxylic acids is 1. The average Bonchev–Trinajstić information content (AvgIpc) is 3.23. The van der Waals surface area contributed by atoms with Gasteiger partial charge in [0, 0.05) is 18.0 Å². The first-order valence-electron chi connectivity index (χ1n) is 11.1. The Hall–Kier alpha value is -2.14. The first kappa shape index (κ1) is 17.7. The van der Waals surface area contributed by atoms with E-state index in [4.69, 9.17) is 0 Å². The van der Waals surface area contributed by atoms with Crippen LogP contribution in [0.5, 0.6) is 0 Å². The lowest BCUT2D eigenvalue weighted by atomic mass is 9.48. The van der Waals surface area contributed by atoms with Crippen molar-refractivity contribution in [3.8, 4) is 11.3 Å². The quantitative estimate of drug-likeness (QED) is 0.838. The van der Waals surface area contributed by atoms with E-state index in [1.807, 2.05) is 12.5 Å². The molecule has 4 aliphatic carbocycles. The van der Waals surface area contributed by atoms with Crippen LogP contribution in [0.2, 0.25) is 0 Å². The Morgan fingerprint density at radius 3 is 2.79 bits per heavy atom. The lowest BCUT2D eigenvalue weighted by Crippen LogP contribution is -2.63. The van der Waals surface area contributed by atoms with Crippen LogP contribution in [0, 0.1) is 23.7 Å². The second-order valence-electron chi connectivity index (χ2n) is 10.1. The normalized spacial score (nSPS) is 37.2. The first-order valence-corrected chi connectivity index (χ1v) is 11.1. The van der Waals surface area contributed by atoms with Gasteiger partial charge in [-0.25, -0.2) is 4.98 Å². The molecule has 1 aliphatic heterocycles. The van der Waals surface area contributed by atoms with Crippen molar-refractivity contribution in [2.24, 2.45) is 23.7 Å². The topological polar surface area (TPSA) is 67.2 Å². The van der Waals surface area contributed by atoms with Gasteiger partial charge in [-0.1, -0.05) is 24.3 Å². The largest absolute Gasteiger partial charge is 0.393 e. The van der Waals surface area contributed by atoms with E-state index in [1.54, 1.807) is 6.92 Å². The van der Waals surface area contributed by atoms with E-state index in [9.17, 15) is 9.90 Å². The molecule has 5 nitrogen and oxygen atoms in total. The Labute approximate surface area is 171 Å². The van der Waals surface area contributed by atoms with Gasteiger partial charge in [-0.3, -0.25) is 4.79 Å². The zero-order valence-electron chi connectivity index (χ0n) is 16.9. The Balaban J connectivity index is 1.26. The summed E-state index contributed by atoms with van der Waals surface area (Å²) >= 11 is 0. The molecule has 7 rings (SSSR count). The number of aliphatic hydroxyl groups excluding tert-OH is 1. The maximum absolute atomic E-state index is 11.8. The summed E-state index contributed by atoms with van der Waals surface area (Å²) in [5.41, 5.74) is 3.71. The molecule has 0 spiro atoms. The molecule has 5 aliphatic rings. The average molecular weight is 392 g/mol. The minimum Gasteiger partial charge on any atom is -0.393 e. The zero-order chi connectivity index (χ0) is 19.8. The molecule has 5 heteroatoms. The van der Waals surface area contributed by atoms with Crippen LogP contribution < -0.4 is 5.32 Å². The minimum atomic E-state index is -0.314. The lowest BCUT2D eigenvalue weighted by molar-refractivity contribution is -0.134. The Morgan fingerprint density at radius 2 is 2.03 bits per heavy atom. The molecule has 2 aromatic rings. The Morgan fingerprint density at radius 1 is 1.28 bits per heavy atom. The highest BCUT2D eigenvalue weighted by molar-refractivity contribution is 5.74. The van der Waals surface area contributed by atoms with Crippen molar-refractivity contribution in [3.05, 3.63) is 42.4 Å². The van der Waals surface area contributed by atoms with Crippen molar-refractivity contribution in [1.29, 1.82) is 0 Å². The summed E-state index contributed by atoms with van der Waals surface area (Å²) in [6.45, 7) is 1.64. The molecule has 2 N–H and O–H groups in total. The number of rotatable bonds is 4. The molecule has 4 atom stereocenters. The van der Waals surface area contributed by atoms with Crippen molar-refractivity contribution >= 4 is 5.91 Å². The number of hydrogen-bond donors (Lipinski definition) is 2. The second-order valence-corrected chi connectivity index (χ2v) is 10.1. The van der Waals surface area contributed by atoms with Crippen LogP contribution in [-0.2, 0) is 4.79 Å². The van der Waals surface area contributed by atoms with Crippen LogP contribution in [0.15, 0.2) is 36.8 Å². The van der Waals surface area contributed by atoms with Gasteiger partial charge in [-0.2, -0.15) is 0 Å². The number of fused-ring (bicyclic) bond motifs is 3. The highest BCUT2D eigenvalue weighted by Gasteiger charge is 2.57. The molecule has 1 aromatic carbocycles. The fraction of sp³-hybridized carbons (Fsp3) is 0.583. The predicted octanol–water partition coefficient (Wildman–Crippen LogP) is 3.53. The summed E-state index contributed by atoms with van der Waals surface area (Å²) in [5.74, 6) is 2.23. The third-order valence-corrected chi connectivity index (χ3v) is 8.29. The van der Waals surface area contributed by atoms with Gasteiger partial charge in [0.15, 0.2) is 0 Å². The van der Waals surface area contributed by atoms with Crippen LogP contribution in [0.4, 0.5) is 0 Å². The summed E-state index contributed by atoms with van der Waals surface area (Å²) in [6.07, 6.45) is 9.94. The van der Waals surface area contributed by atoms with E-state index in [1.165, 1.54) is 24.0 Å². The van der Waals surface area contributed by atoms with E-state index in [0.717, 1.165) is 37.3 Å². The maximum atomic E-state index is 11.8. The maximum Gasteiger partial charge on any atom is 0.217 e. The molecule has 4 fully saturated rings.